The number of hydrogen-bond acceptors (Lipinski definition) is 9. The van der Waals surface area contributed by atoms with E-state index in [4.69, 9.17) is 25.2 Å². The van der Waals surface area contributed by atoms with E-state index in [1.165, 1.54) is 6.92 Å². The summed E-state index contributed by atoms with van der Waals surface area (Å²) in [6.45, 7) is 0.967. The Labute approximate surface area is 110 Å². The molecule has 116 valence electrons. The van der Waals surface area contributed by atoms with E-state index < -0.39 is 47.6 Å². The first-order valence-corrected chi connectivity index (χ1v) is 6.68. The third kappa shape index (κ3) is 6.56. The SMILES string of the molecule is CCOS(=O)(=O)O.N[C@@H]1[C@@H](O)[C@H](O)[C@@H](CO)O[C@H]1O. The van der Waals surface area contributed by atoms with Crippen molar-refractivity contribution in [2.24, 2.45) is 5.73 Å². The van der Waals surface area contributed by atoms with Gasteiger partial charge in [0.05, 0.1) is 19.3 Å². The highest BCUT2D eigenvalue weighted by atomic mass is 32.3. The fraction of sp³-hybridized carbons (Fsp3) is 1.00. The lowest BCUT2D eigenvalue weighted by molar-refractivity contribution is -0.248. The van der Waals surface area contributed by atoms with Crippen LogP contribution in [0.5, 0.6) is 0 Å². The maximum absolute atomic E-state index is 9.56. The smallest absolute Gasteiger partial charge is 0.394 e. The van der Waals surface area contributed by atoms with Crippen LogP contribution in [0.4, 0.5) is 0 Å². The number of nitrogens with two attached hydrogens (primary N) is 1. The van der Waals surface area contributed by atoms with Gasteiger partial charge in [-0.05, 0) is 6.92 Å². The normalized spacial score (nSPS) is 35.4. The van der Waals surface area contributed by atoms with Crippen LogP contribution in [0.15, 0.2) is 0 Å². The van der Waals surface area contributed by atoms with E-state index in [0.29, 0.717) is 0 Å². The topological polar surface area (TPSA) is 180 Å². The molecule has 10 nitrogen and oxygen atoms in total. The van der Waals surface area contributed by atoms with Crippen LogP contribution in [-0.2, 0) is 19.3 Å². The molecule has 1 aliphatic rings. The summed E-state index contributed by atoms with van der Waals surface area (Å²) in [5.74, 6) is 0. The zero-order valence-electron chi connectivity index (χ0n) is 10.2. The number of hydrogen-bond donors (Lipinski definition) is 6. The molecule has 0 amide bonds. The van der Waals surface area contributed by atoms with Gasteiger partial charge in [-0.15, -0.1) is 0 Å². The fourth-order valence-corrected chi connectivity index (χ4v) is 1.56. The molecule has 1 heterocycles. The summed E-state index contributed by atoms with van der Waals surface area (Å²) in [5.41, 5.74) is 5.26. The molecule has 0 saturated carbocycles. The molecule has 1 saturated heterocycles. The molecule has 0 unspecified atom stereocenters. The van der Waals surface area contributed by atoms with Crippen molar-refractivity contribution in [2.75, 3.05) is 13.2 Å². The monoisotopic (exact) mass is 305 g/mol. The van der Waals surface area contributed by atoms with E-state index in [9.17, 15) is 18.6 Å². The Balaban J connectivity index is 0.000000399. The first-order valence-electron chi connectivity index (χ1n) is 5.32. The Morgan fingerprint density at radius 3 is 2.11 bits per heavy atom. The van der Waals surface area contributed by atoms with Crippen LogP contribution in [0, 0.1) is 0 Å². The van der Waals surface area contributed by atoms with Crippen molar-refractivity contribution in [2.45, 2.75) is 37.6 Å². The number of aliphatic hydroxyl groups excluding tert-OH is 4. The summed E-state index contributed by atoms with van der Waals surface area (Å²) in [5, 5.41) is 36.1. The molecule has 0 aromatic carbocycles. The maximum atomic E-state index is 9.56. The zero-order valence-corrected chi connectivity index (χ0v) is 11.0. The van der Waals surface area contributed by atoms with Gasteiger partial charge in [-0.2, -0.15) is 8.42 Å². The van der Waals surface area contributed by atoms with Gasteiger partial charge in [0.1, 0.15) is 18.3 Å². The lowest BCUT2D eigenvalue weighted by Crippen LogP contribution is -2.61. The van der Waals surface area contributed by atoms with Crippen molar-refractivity contribution < 1.29 is 42.3 Å². The largest absolute Gasteiger partial charge is 0.397 e. The molecule has 0 aromatic rings. The van der Waals surface area contributed by atoms with Crippen molar-refractivity contribution in [1.29, 1.82) is 0 Å². The summed E-state index contributed by atoms with van der Waals surface area (Å²) in [4.78, 5) is 0. The summed E-state index contributed by atoms with van der Waals surface area (Å²) in [6, 6.07) is -1.04. The second-order valence-corrected chi connectivity index (χ2v) is 4.73. The molecule has 19 heavy (non-hydrogen) atoms. The summed E-state index contributed by atoms with van der Waals surface area (Å²) < 4.78 is 35.4. The predicted molar refractivity (Wildman–Crippen MR) is 61.1 cm³/mol. The number of ether oxygens (including phenoxy) is 1. The highest BCUT2D eigenvalue weighted by molar-refractivity contribution is 7.80. The molecule has 0 bridgehead atoms. The first-order chi connectivity index (χ1) is 8.64. The highest BCUT2D eigenvalue weighted by Crippen LogP contribution is 2.17. The molecule has 1 fully saturated rings. The average Bonchev–Trinajstić information content (AvgIpc) is 2.30. The molecule has 1 rings (SSSR count). The minimum atomic E-state index is -4.17. The Bertz CT molecular complexity index is 343. The van der Waals surface area contributed by atoms with Gasteiger partial charge in [0.25, 0.3) is 0 Å². The average molecular weight is 305 g/mol. The van der Waals surface area contributed by atoms with Crippen molar-refractivity contribution in [3.63, 3.8) is 0 Å². The Kier molecular flexibility index (Phi) is 7.88. The second kappa shape index (κ2) is 8.04. The van der Waals surface area contributed by atoms with E-state index in [1.807, 2.05) is 0 Å². The third-order valence-electron chi connectivity index (χ3n) is 2.22. The lowest BCUT2D eigenvalue weighted by Gasteiger charge is -2.38. The van der Waals surface area contributed by atoms with Gasteiger partial charge in [0.2, 0.25) is 0 Å². The molecule has 0 aromatic heterocycles. The van der Waals surface area contributed by atoms with Crippen LogP contribution in [0.25, 0.3) is 0 Å². The summed E-state index contributed by atoms with van der Waals surface area (Å²) in [6.07, 6.45) is -4.85. The van der Waals surface area contributed by atoms with Crippen LogP contribution in [0.3, 0.4) is 0 Å². The standard InChI is InChI=1S/C6H13NO5.C2H6O4S/c7-3-5(10)4(9)2(1-8)12-6(3)11;1-2-6-7(3,4)5/h2-6,8-11H,1,7H2;2H2,1H3,(H,3,4,5)/t2-,3-,4-,5-,6-;/m1./s1. The summed E-state index contributed by atoms with van der Waals surface area (Å²) >= 11 is 0. The van der Waals surface area contributed by atoms with Crippen LogP contribution in [-0.4, -0.2) is 77.3 Å². The van der Waals surface area contributed by atoms with Gasteiger partial charge in [0, 0.05) is 0 Å². The fourth-order valence-electron chi connectivity index (χ4n) is 1.27. The van der Waals surface area contributed by atoms with E-state index >= 15 is 0 Å². The van der Waals surface area contributed by atoms with Crippen LogP contribution < -0.4 is 5.73 Å². The Hall–Kier alpha value is -0.370. The van der Waals surface area contributed by atoms with Crippen molar-refractivity contribution >= 4 is 10.4 Å². The molecule has 0 radical (unpaired) electrons. The lowest BCUT2D eigenvalue weighted by atomic mass is 9.98. The number of aliphatic hydroxyl groups is 4. The number of rotatable bonds is 3. The van der Waals surface area contributed by atoms with Gasteiger partial charge in [-0.1, -0.05) is 0 Å². The highest BCUT2D eigenvalue weighted by Gasteiger charge is 2.41. The van der Waals surface area contributed by atoms with Crippen LogP contribution in [0.1, 0.15) is 6.92 Å². The third-order valence-corrected chi connectivity index (χ3v) is 2.75. The summed E-state index contributed by atoms with van der Waals surface area (Å²) in [7, 11) is -4.17. The molecular formula is C8H19NO9S. The Morgan fingerprint density at radius 2 is 1.79 bits per heavy atom. The molecule has 5 atom stereocenters. The first kappa shape index (κ1) is 18.6. The van der Waals surface area contributed by atoms with E-state index in [-0.39, 0.29) is 6.61 Å². The Morgan fingerprint density at radius 1 is 1.26 bits per heavy atom. The van der Waals surface area contributed by atoms with Gasteiger partial charge in [-0.25, -0.2) is 4.18 Å². The molecule has 0 aliphatic carbocycles. The van der Waals surface area contributed by atoms with E-state index in [0.717, 1.165) is 0 Å². The van der Waals surface area contributed by atoms with Crippen LogP contribution in [0.2, 0.25) is 0 Å². The minimum absolute atomic E-state index is 0.0289. The van der Waals surface area contributed by atoms with Gasteiger partial charge < -0.3 is 30.9 Å². The van der Waals surface area contributed by atoms with Crippen molar-refractivity contribution in [3.8, 4) is 0 Å². The molecule has 1 aliphatic heterocycles. The van der Waals surface area contributed by atoms with Crippen molar-refractivity contribution in [1.82, 2.24) is 0 Å². The quantitative estimate of drug-likeness (QED) is 0.287. The molecule has 0 spiro atoms. The minimum Gasteiger partial charge on any atom is -0.394 e. The van der Waals surface area contributed by atoms with Crippen molar-refractivity contribution in [3.05, 3.63) is 0 Å². The van der Waals surface area contributed by atoms with E-state index in [2.05, 4.69) is 4.18 Å². The zero-order chi connectivity index (χ0) is 15.2. The maximum Gasteiger partial charge on any atom is 0.397 e. The van der Waals surface area contributed by atoms with Gasteiger partial charge in [-0.3, -0.25) is 4.55 Å². The molecule has 7 N–H and O–H groups in total. The van der Waals surface area contributed by atoms with Gasteiger partial charge >= 0.3 is 10.4 Å². The van der Waals surface area contributed by atoms with E-state index in [1.54, 1.807) is 0 Å². The molecular weight excluding hydrogens is 286 g/mol. The van der Waals surface area contributed by atoms with Gasteiger partial charge in [0.15, 0.2) is 6.29 Å². The van der Waals surface area contributed by atoms with Crippen LogP contribution >= 0.6 is 0 Å². The molecule has 11 heteroatoms. The second-order valence-electron chi connectivity index (χ2n) is 3.64. The predicted octanol–water partition coefficient (Wildman–Crippen LogP) is -3.43.